The van der Waals surface area contributed by atoms with Gasteiger partial charge >= 0.3 is 6.03 Å². The lowest BCUT2D eigenvalue weighted by atomic mass is 10.0. The molecule has 3 aromatic rings. The Morgan fingerprint density at radius 1 is 0.900 bits per heavy atom. The van der Waals surface area contributed by atoms with Crippen LogP contribution in [0.1, 0.15) is 25.5 Å². The van der Waals surface area contributed by atoms with E-state index in [0.29, 0.717) is 18.1 Å². The largest absolute Gasteiger partial charge is 0.494 e. The van der Waals surface area contributed by atoms with Crippen molar-refractivity contribution in [2.24, 2.45) is 11.5 Å². The number of nitrogens with zero attached hydrogens (tertiary/aromatic N) is 1. The van der Waals surface area contributed by atoms with Gasteiger partial charge in [0.15, 0.2) is 0 Å². The lowest BCUT2D eigenvalue weighted by Gasteiger charge is -2.26. The molecule has 0 aliphatic heterocycles. The first-order valence-electron chi connectivity index (χ1n) is 9.66. The third kappa shape index (κ3) is 5.00. The normalized spacial score (nSPS) is 11.7. The molecule has 3 rings (SSSR count). The third-order valence-electron chi connectivity index (χ3n) is 4.77. The molecule has 0 radical (unpaired) electrons. The van der Waals surface area contributed by atoms with Crippen LogP contribution in [0.4, 0.5) is 4.79 Å². The Labute approximate surface area is 175 Å². The molecule has 156 valence electrons. The fraction of sp³-hybridized carbons (Fsp3) is 0.217. The molecule has 0 bridgehead atoms. The standard InChI is InChI=1S/C23H25N3O4/c1-3-29-19-8-10-20(11-9-19)30-21-7-6-17-12-16(4-5-18(17)13-21)15(2)26(23(25)28)14-22(24)27/h4-13,15H,3,14H2,1-2H3,(H2,24,27)(H2,25,28). The van der Waals surface area contributed by atoms with E-state index in [1.54, 1.807) is 6.92 Å². The van der Waals surface area contributed by atoms with Crippen molar-refractivity contribution < 1.29 is 19.1 Å². The van der Waals surface area contributed by atoms with E-state index in [0.717, 1.165) is 22.1 Å². The van der Waals surface area contributed by atoms with Gasteiger partial charge in [-0.2, -0.15) is 0 Å². The Hall–Kier alpha value is -3.74. The van der Waals surface area contributed by atoms with E-state index in [4.69, 9.17) is 20.9 Å². The molecular weight excluding hydrogens is 382 g/mol. The van der Waals surface area contributed by atoms with E-state index in [1.165, 1.54) is 4.90 Å². The molecule has 1 unspecified atom stereocenters. The van der Waals surface area contributed by atoms with Gasteiger partial charge < -0.3 is 25.8 Å². The van der Waals surface area contributed by atoms with Gasteiger partial charge in [-0.05, 0) is 72.6 Å². The van der Waals surface area contributed by atoms with Crippen LogP contribution >= 0.6 is 0 Å². The maximum atomic E-state index is 11.7. The van der Waals surface area contributed by atoms with Gasteiger partial charge in [-0.1, -0.05) is 18.2 Å². The predicted octanol–water partition coefficient (Wildman–Crippen LogP) is 3.96. The first-order valence-corrected chi connectivity index (χ1v) is 9.66. The summed E-state index contributed by atoms with van der Waals surface area (Å²) >= 11 is 0. The smallest absolute Gasteiger partial charge is 0.315 e. The number of carbonyl (C=O) groups excluding carboxylic acids is 2. The number of nitrogens with two attached hydrogens (primary N) is 2. The maximum Gasteiger partial charge on any atom is 0.315 e. The van der Waals surface area contributed by atoms with Gasteiger partial charge in [-0.15, -0.1) is 0 Å². The Morgan fingerprint density at radius 2 is 1.50 bits per heavy atom. The molecule has 7 nitrogen and oxygen atoms in total. The van der Waals surface area contributed by atoms with Crippen molar-refractivity contribution in [2.75, 3.05) is 13.2 Å². The van der Waals surface area contributed by atoms with E-state index >= 15 is 0 Å². The van der Waals surface area contributed by atoms with Crippen molar-refractivity contribution in [3.8, 4) is 17.2 Å². The van der Waals surface area contributed by atoms with Crippen LogP contribution in [-0.4, -0.2) is 30.0 Å². The lowest BCUT2D eigenvalue weighted by molar-refractivity contribution is -0.118. The van der Waals surface area contributed by atoms with Crippen LogP contribution < -0.4 is 20.9 Å². The highest BCUT2D eigenvalue weighted by Gasteiger charge is 2.21. The Bertz CT molecular complexity index is 1050. The number of benzene rings is 3. The second-order valence-corrected chi connectivity index (χ2v) is 6.88. The topological polar surface area (TPSA) is 108 Å². The zero-order valence-electron chi connectivity index (χ0n) is 17.0. The molecule has 0 saturated carbocycles. The van der Waals surface area contributed by atoms with Crippen LogP contribution in [0.3, 0.4) is 0 Å². The van der Waals surface area contributed by atoms with Crippen LogP contribution in [-0.2, 0) is 4.79 Å². The Balaban J connectivity index is 1.79. The summed E-state index contributed by atoms with van der Waals surface area (Å²) in [6, 6.07) is 17.9. The summed E-state index contributed by atoms with van der Waals surface area (Å²) in [5.74, 6) is 1.61. The number of carbonyl (C=O) groups is 2. The number of primary amides is 2. The third-order valence-corrected chi connectivity index (χ3v) is 4.77. The molecule has 0 saturated heterocycles. The molecule has 7 heteroatoms. The Morgan fingerprint density at radius 3 is 2.13 bits per heavy atom. The van der Waals surface area contributed by atoms with Crippen molar-refractivity contribution in [3.05, 3.63) is 66.2 Å². The van der Waals surface area contributed by atoms with Crippen molar-refractivity contribution in [2.45, 2.75) is 19.9 Å². The number of ether oxygens (including phenoxy) is 2. The van der Waals surface area contributed by atoms with E-state index in [2.05, 4.69) is 0 Å². The SMILES string of the molecule is CCOc1ccc(Oc2ccc3cc(C(C)N(CC(N)=O)C(N)=O)ccc3c2)cc1. The van der Waals surface area contributed by atoms with E-state index in [9.17, 15) is 9.59 Å². The minimum atomic E-state index is -0.694. The molecule has 1 atom stereocenters. The summed E-state index contributed by atoms with van der Waals surface area (Å²) in [4.78, 5) is 24.2. The number of fused-ring (bicyclic) bond motifs is 1. The van der Waals surface area contributed by atoms with E-state index in [-0.39, 0.29) is 12.6 Å². The van der Waals surface area contributed by atoms with Gasteiger partial charge in [0.2, 0.25) is 5.91 Å². The minimum absolute atomic E-state index is 0.233. The molecule has 30 heavy (non-hydrogen) atoms. The van der Waals surface area contributed by atoms with Crippen LogP contribution in [0.2, 0.25) is 0 Å². The fourth-order valence-corrected chi connectivity index (χ4v) is 3.23. The summed E-state index contributed by atoms with van der Waals surface area (Å²) in [7, 11) is 0. The molecule has 0 spiro atoms. The molecule has 4 N–H and O–H groups in total. The van der Waals surface area contributed by atoms with E-state index < -0.39 is 11.9 Å². The van der Waals surface area contributed by atoms with Gasteiger partial charge in [-0.3, -0.25) is 4.79 Å². The van der Waals surface area contributed by atoms with Crippen molar-refractivity contribution >= 4 is 22.7 Å². The number of rotatable bonds is 8. The number of urea groups is 1. The summed E-state index contributed by atoms with van der Waals surface area (Å²) in [6.45, 7) is 4.13. The van der Waals surface area contributed by atoms with Gasteiger partial charge in [-0.25, -0.2) is 4.79 Å². The summed E-state index contributed by atoms with van der Waals surface area (Å²) < 4.78 is 11.4. The van der Waals surface area contributed by atoms with Gasteiger partial charge in [0.25, 0.3) is 0 Å². The monoisotopic (exact) mass is 407 g/mol. The van der Waals surface area contributed by atoms with E-state index in [1.807, 2.05) is 67.6 Å². The molecule has 0 aliphatic rings. The molecule has 0 aromatic heterocycles. The van der Waals surface area contributed by atoms with Crippen molar-refractivity contribution in [1.82, 2.24) is 4.90 Å². The Kier molecular flexibility index (Phi) is 6.41. The number of amides is 3. The van der Waals surface area contributed by atoms with Crippen molar-refractivity contribution in [3.63, 3.8) is 0 Å². The zero-order valence-corrected chi connectivity index (χ0v) is 17.0. The quantitative estimate of drug-likeness (QED) is 0.589. The molecule has 3 aromatic carbocycles. The van der Waals surface area contributed by atoms with Gasteiger partial charge in [0.1, 0.15) is 23.8 Å². The number of hydrogen-bond donors (Lipinski definition) is 2. The van der Waals surface area contributed by atoms with Gasteiger partial charge in [0, 0.05) is 0 Å². The van der Waals surface area contributed by atoms with Gasteiger partial charge in [0.05, 0.1) is 12.6 Å². The fourth-order valence-electron chi connectivity index (χ4n) is 3.23. The average molecular weight is 407 g/mol. The number of hydrogen-bond acceptors (Lipinski definition) is 4. The molecule has 0 fully saturated rings. The van der Waals surface area contributed by atoms with Crippen LogP contribution in [0.5, 0.6) is 17.2 Å². The summed E-state index contributed by atoms with van der Waals surface area (Å²) in [5, 5.41) is 1.96. The zero-order chi connectivity index (χ0) is 21.7. The molecular formula is C23H25N3O4. The first-order chi connectivity index (χ1) is 14.4. The lowest BCUT2D eigenvalue weighted by Crippen LogP contribution is -2.43. The van der Waals surface area contributed by atoms with Crippen LogP contribution in [0, 0.1) is 0 Å². The highest BCUT2D eigenvalue weighted by atomic mass is 16.5. The second kappa shape index (κ2) is 9.17. The summed E-state index contributed by atoms with van der Waals surface area (Å²) in [6.07, 6.45) is 0. The second-order valence-electron chi connectivity index (χ2n) is 6.88. The van der Waals surface area contributed by atoms with Crippen molar-refractivity contribution in [1.29, 1.82) is 0 Å². The predicted molar refractivity (Wildman–Crippen MR) is 116 cm³/mol. The minimum Gasteiger partial charge on any atom is -0.494 e. The maximum absolute atomic E-state index is 11.7. The summed E-state index contributed by atoms with van der Waals surface area (Å²) in [5.41, 5.74) is 11.5. The molecule has 0 heterocycles. The van der Waals surface area contributed by atoms with Crippen LogP contribution in [0.15, 0.2) is 60.7 Å². The van der Waals surface area contributed by atoms with Crippen LogP contribution in [0.25, 0.3) is 10.8 Å². The average Bonchev–Trinajstić information content (AvgIpc) is 2.72. The molecule has 0 aliphatic carbocycles. The highest BCUT2D eigenvalue weighted by molar-refractivity contribution is 5.85. The highest BCUT2D eigenvalue weighted by Crippen LogP contribution is 2.29. The first kappa shape index (κ1) is 21.0. The molecule has 3 amide bonds.